The van der Waals surface area contributed by atoms with E-state index in [9.17, 15) is 0 Å². The van der Waals surface area contributed by atoms with E-state index in [1.54, 1.807) is 0 Å². The van der Waals surface area contributed by atoms with Gasteiger partial charge in [-0.25, -0.2) is 4.99 Å². The number of rotatable bonds is 6. The zero-order chi connectivity index (χ0) is 16.5. The van der Waals surface area contributed by atoms with Crippen molar-refractivity contribution in [3.05, 3.63) is 29.6 Å². The molecule has 0 radical (unpaired) electrons. The van der Waals surface area contributed by atoms with Gasteiger partial charge in [-0.15, -0.1) is 24.0 Å². The van der Waals surface area contributed by atoms with Crippen molar-refractivity contribution in [3.8, 4) is 0 Å². The zero-order valence-corrected chi connectivity index (χ0v) is 17.2. The lowest BCUT2D eigenvalue weighted by atomic mass is 10.2. The molecule has 136 valence electrons. The van der Waals surface area contributed by atoms with Crippen molar-refractivity contribution in [1.29, 1.82) is 0 Å². The number of hydrogen-bond donors (Lipinski definition) is 2. The molecule has 1 unspecified atom stereocenters. The molecule has 0 spiro atoms. The maximum atomic E-state index is 5.41. The van der Waals surface area contributed by atoms with E-state index in [0.29, 0.717) is 12.6 Å². The molecule has 6 nitrogen and oxygen atoms in total. The Balaban J connectivity index is 0.00000288. The molecule has 2 heterocycles. The monoisotopic (exact) mass is 447 g/mol. The molecule has 0 bridgehead atoms. The highest BCUT2D eigenvalue weighted by molar-refractivity contribution is 14.0. The van der Waals surface area contributed by atoms with Gasteiger partial charge in [0.2, 0.25) is 0 Å². The van der Waals surface area contributed by atoms with Crippen LogP contribution in [0.5, 0.6) is 0 Å². The number of aromatic nitrogens is 1. The van der Waals surface area contributed by atoms with Crippen molar-refractivity contribution < 1.29 is 4.74 Å². The number of nitrogens with zero attached hydrogens (tertiary/aromatic N) is 3. The Bertz CT molecular complexity index is 506. The first-order chi connectivity index (χ1) is 11.2. The van der Waals surface area contributed by atoms with Gasteiger partial charge in [0.25, 0.3) is 0 Å². The van der Waals surface area contributed by atoms with Crippen LogP contribution in [-0.4, -0.2) is 61.3 Å². The number of ether oxygens (including phenoxy) is 1. The van der Waals surface area contributed by atoms with Crippen LogP contribution >= 0.6 is 24.0 Å². The van der Waals surface area contributed by atoms with Gasteiger partial charge in [0.05, 0.1) is 25.5 Å². The van der Waals surface area contributed by atoms with Crippen LogP contribution in [0.4, 0.5) is 0 Å². The third kappa shape index (κ3) is 7.31. The van der Waals surface area contributed by atoms with Gasteiger partial charge in [-0.1, -0.05) is 6.07 Å². The number of pyridine rings is 1. The molecule has 1 aromatic heterocycles. The van der Waals surface area contributed by atoms with Gasteiger partial charge in [0.15, 0.2) is 5.96 Å². The highest BCUT2D eigenvalue weighted by Gasteiger charge is 2.16. The number of aryl methyl sites for hydroxylation is 1. The Morgan fingerprint density at radius 2 is 2.08 bits per heavy atom. The highest BCUT2D eigenvalue weighted by Crippen LogP contribution is 2.03. The van der Waals surface area contributed by atoms with Crippen molar-refractivity contribution in [2.24, 2.45) is 4.99 Å². The third-order valence-corrected chi connectivity index (χ3v) is 3.92. The fraction of sp³-hybridized carbons (Fsp3) is 0.647. The summed E-state index contributed by atoms with van der Waals surface area (Å²) in [6, 6.07) is 6.49. The molecule has 1 aliphatic rings. The van der Waals surface area contributed by atoms with Crippen molar-refractivity contribution >= 4 is 29.9 Å². The maximum absolute atomic E-state index is 5.41. The summed E-state index contributed by atoms with van der Waals surface area (Å²) in [6.07, 6.45) is 0. The zero-order valence-electron chi connectivity index (χ0n) is 14.9. The molecule has 1 atom stereocenters. The lowest BCUT2D eigenvalue weighted by Crippen LogP contribution is -2.49. The standard InChI is InChI=1S/C17H29N5O.HI/c1-4-18-17(20-13-16-7-5-6-14(2)21-16)19-12-15(3)22-8-10-23-11-9-22;/h5-7,15H,4,8-13H2,1-3H3,(H2,18,19,20);1H. The number of guanidine groups is 1. The molecule has 0 aromatic carbocycles. The molecular formula is C17H30IN5O. The number of morpholine rings is 1. The third-order valence-electron chi connectivity index (χ3n) is 3.92. The minimum atomic E-state index is 0. The van der Waals surface area contributed by atoms with E-state index < -0.39 is 0 Å². The smallest absolute Gasteiger partial charge is 0.191 e. The molecule has 2 rings (SSSR count). The molecule has 1 fully saturated rings. The second kappa shape index (κ2) is 11.6. The Labute approximate surface area is 162 Å². The predicted molar refractivity (Wildman–Crippen MR) is 109 cm³/mol. The highest BCUT2D eigenvalue weighted by atomic mass is 127. The second-order valence-electron chi connectivity index (χ2n) is 5.84. The molecule has 24 heavy (non-hydrogen) atoms. The number of halogens is 1. The van der Waals surface area contributed by atoms with E-state index >= 15 is 0 Å². The summed E-state index contributed by atoms with van der Waals surface area (Å²) in [6.45, 7) is 12.3. The molecule has 1 aromatic rings. The van der Waals surface area contributed by atoms with Crippen LogP contribution in [0.1, 0.15) is 25.2 Å². The Hall–Kier alpha value is -0.930. The van der Waals surface area contributed by atoms with Crippen LogP contribution in [0.3, 0.4) is 0 Å². The molecule has 1 saturated heterocycles. The summed E-state index contributed by atoms with van der Waals surface area (Å²) in [5.74, 6) is 0.843. The van der Waals surface area contributed by atoms with Crippen molar-refractivity contribution in [3.63, 3.8) is 0 Å². The van der Waals surface area contributed by atoms with Crippen LogP contribution in [0.25, 0.3) is 0 Å². The fourth-order valence-corrected chi connectivity index (χ4v) is 2.58. The average Bonchev–Trinajstić information content (AvgIpc) is 2.58. The van der Waals surface area contributed by atoms with Crippen molar-refractivity contribution in [2.45, 2.75) is 33.4 Å². The predicted octanol–water partition coefficient (Wildman–Crippen LogP) is 1.78. The lowest BCUT2D eigenvalue weighted by Gasteiger charge is -2.32. The van der Waals surface area contributed by atoms with Crippen LogP contribution in [0.15, 0.2) is 23.2 Å². The Kier molecular flexibility index (Phi) is 10.2. The summed E-state index contributed by atoms with van der Waals surface area (Å²) in [7, 11) is 0. The molecule has 0 amide bonds. The van der Waals surface area contributed by atoms with Crippen molar-refractivity contribution in [2.75, 3.05) is 39.4 Å². The molecule has 0 saturated carbocycles. The van der Waals surface area contributed by atoms with Crippen LogP contribution < -0.4 is 10.6 Å². The average molecular weight is 447 g/mol. The van der Waals surface area contributed by atoms with Gasteiger partial charge in [0.1, 0.15) is 0 Å². The number of hydrogen-bond acceptors (Lipinski definition) is 4. The van der Waals surface area contributed by atoms with Gasteiger partial charge in [0, 0.05) is 37.9 Å². The van der Waals surface area contributed by atoms with Crippen LogP contribution in [0, 0.1) is 6.92 Å². The van der Waals surface area contributed by atoms with E-state index in [-0.39, 0.29) is 24.0 Å². The van der Waals surface area contributed by atoms with Gasteiger partial charge in [-0.2, -0.15) is 0 Å². The first-order valence-electron chi connectivity index (χ1n) is 8.45. The summed E-state index contributed by atoms with van der Waals surface area (Å²) < 4.78 is 5.41. The van der Waals surface area contributed by atoms with Gasteiger partial charge >= 0.3 is 0 Å². The minimum Gasteiger partial charge on any atom is -0.379 e. The first-order valence-corrected chi connectivity index (χ1v) is 8.45. The second-order valence-corrected chi connectivity index (χ2v) is 5.84. The van der Waals surface area contributed by atoms with Crippen LogP contribution in [-0.2, 0) is 11.3 Å². The Morgan fingerprint density at radius 3 is 2.75 bits per heavy atom. The van der Waals surface area contributed by atoms with E-state index in [4.69, 9.17) is 4.74 Å². The number of aliphatic imine (C=N–C) groups is 1. The van der Waals surface area contributed by atoms with Gasteiger partial charge in [-0.3, -0.25) is 9.88 Å². The summed E-state index contributed by atoms with van der Waals surface area (Å²) >= 11 is 0. The SMILES string of the molecule is CCNC(=NCc1cccc(C)n1)NCC(C)N1CCOCC1.I. The molecule has 2 N–H and O–H groups in total. The Morgan fingerprint density at radius 1 is 1.33 bits per heavy atom. The normalized spacial score (nSPS) is 17.0. The van der Waals surface area contributed by atoms with Gasteiger partial charge in [-0.05, 0) is 32.9 Å². The largest absolute Gasteiger partial charge is 0.379 e. The quantitative estimate of drug-likeness (QED) is 0.396. The molecular weight excluding hydrogens is 417 g/mol. The van der Waals surface area contributed by atoms with Crippen LogP contribution in [0.2, 0.25) is 0 Å². The lowest BCUT2D eigenvalue weighted by molar-refractivity contribution is 0.0211. The topological polar surface area (TPSA) is 61.8 Å². The summed E-state index contributed by atoms with van der Waals surface area (Å²) in [5.41, 5.74) is 2.01. The fourth-order valence-electron chi connectivity index (χ4n) is 2.58. The first kappa shape index (κ1) is 21.1. The van der Waals surface area contributed by atoms with Gasteiger partial charge < -0.3 is 15.4 Å². The van der Waals surface area contributed by atoms with E-state index in [0.717, 1.165) is 56.7 Å². The minimum absolute atomic E-state index is 0. The number of nitrogens with one attached hydrogen (secondary N) is 2. The molecule has 0 aliphatic carbocycles. The van der Waals surface area contributed by atoms with E-state index in [2.05, 4.69) is 39.4 Å². The molecule has 7 heteroatoms. The summed E-state index contributed by atoms with van der Waals surface area (Å²) in [5, 5.41) is 6.72. The maximum Gasteiger partial charge on any atom is 0.191 e. The van der Waals surface area contributed by atoms with Crippen molar-refractivity contribution in [1.82, 2.24) is 20.5 Å². The molecule has 1 aliphatic heterocycles. The van der Waals surface area contributed by atoms with E-state index in [1.165, 1.54) is 0 Å². The summed E-state index contributed by atoms with van der Waals surface area (Å²) in [4.78, 5) is 11.6. The van der Waals surface area contributed by atoms with E-state index in [1.807, 2.05) is 25.1 Å².